The zero-order valence-electron chi connectivity index (χ0n) is 9.79. The third-order valence-electron chi connectivity index (χ3n) is 2.15. The lowest BCUT2D eigenvalue weighted by atomic mass is 10.1. The van der Waals surface area contributed by atoms with E-state index in [0.29, 0.717) is 17.2 Å². The summed E-state index contributed by atoms with van der Waals surface area (Å²) in [5, 5.41) is 0.297. The van der Waals surface area contributed by atoms with Crippen LogP contribution >= 0.6 is 11.6 Å². The Bertz CT molecular complexity index is 410. The largest absolute Gasteiger partial charge is 0.466 e. The van der Waals surface area contributed by atoms with Gasteiger partial charge in [-0.2, -0.15) is 8.78 Å². The fraction of sp³-hybridized carbons (Fsp3) is 0.417. The Labute approximate surface area is 109 Å². The quantitative estimate of drug-likeness (QED) is 0.748. The summed E-state index contributed by atoms with van der Waals surface area (Å²) in [5.41, 5.74) is 0.493. The van der Waals surface area contributed by atoms with Crippen LogP contribution in [0.1, 0.15) is 18.9 Å². The van der Waals surface area contributed by atoms with Crippen molar-refractivity contribution in [3.05, 3.63) is 28.8 Å². The molecule has 0 aliphatic rings. The second-order valence-corrected chi connectivity index (χ2v) is 3.87. The molecule has 3 nitrogen and oxygen atoms in total. The first kappa shape index (κ1) is 14.7. The number of benzene rings is 1. The number of esters is 1. The third kappa shape index (κ3) is 4.87. The molecule has 1 aromatic carbocycles. The molecule has 0 amide bonds. The molecule has 0 unspecified atom stereocenters. The van der Waals surface area contributed by atoms with Crippen LogP contribution in [0, 0.1) is 0 Å². The van der Waals surface area contributed by atoms with Crippen LogP contribution in [0.3, 0.4) is 0 Å². The van der Waals surface area contributed by atoms with Gasteiger partial charge in [-0.05, 0) is 31.0 Å². The Morgan fingerprint density at radius 2 is 2.17 bits per heavy atom. The average molecular weight is 279 g/mol. The first-order chi connectivity index (χ1) is 8.52. The van der Waals surface area contributed by atoms with E-state index in [4.69, 9.17) is 16.3 Å². The van der Waals surface area contributed by atoms with Crippen molar-refractivity contribution in [2.75, 3.05) is 6.61 Å². The van der Waals surface area contributed by atoms with Crippen molar-refractivity contribution in [2.45, 2.75) is 26.4 Å². The number of halogens is 3. The second kappa shape index (κ2) is 7.16. The van der Waals surface area contributed by atoms with Crippen LogP contribution in [0.15, 0.2) is 18.2 Å². The van der Waals surface area contributed by atoms with Gasteiger partial charge >= 0.3 is 12.6 Å². The van der Waals surface area contributed by atoms with Gasteiger partial charge < -0.3 is 9.47 Å². The summed E-state index contributed by atoms with van der Waals surface area (Å²) in [5.74, 6) is -0.391. The lowest BCUT2D eigenvalue weighted by Crippen LogP contribution is -2.08. The van der Waals surface area contributed by atoms with Crippen molar-refractivity contribution in [1.82, 2.24) is 0 Å². The van der Waals surface area contributed by atoms with Crippen LogP contribution in [-0.2, 0) is 16.0 Å². The second-order valence-electron chi connectivity index (χ2n) is 3.44. The molecule has 0 aromatic heterocycles. The molecule has 0 fully saturated rings. The van der Waals surface area contributed by atoms with E-state index in [1.165, 1.54) is 6.07 Å². The summed E-state index contributed by atoms with van der Waals surface area (Å²) >= 11 is 5.70. The molecule has 0 atom stereocenters. The van der Waals surface area contributed by atoms with Crippen LogP contribution in [0.2, 0.25) is 5.02 Å². The van der Waals surface area contributed by atoms with Crippen LogP contribution in [0.5, 0.6) is 5.75 Å². The van der Waals surface area contributed by atoms with Gasteiger partial charge in [-0.15, -0.1) is 0 Å². The van der Waals surface area contributed by atoms with Gasteiger partial charge in [-0.25, -0.2) is 0 Å². The molecule has 0 aliphatic heterocycles. The van der Waals surface area contributed by atoms with Crippen molar-refractivity contribution in [3.8, 4) is 5.75 Å². The zero-order valence-corrected chi connectivity index (χ0v) is 10.5. The van der Waals surface area contributed by atoms with E-state index >= 15 is 0 Å². The normalized spacial score (nSPS) is 10.5. The first-order valence-electron chi connectivity index (χ1n) is 5.41. The van der Waals surface area contributed by atoms with Gasteiger partial charge in [0.25, 0.3) is 0 Å². The third-order valence-corrected chi connectivity index (χ3v) is 2.38. The zero-order chi connectivity index (χ0) is 13.5. The molecule has 18 heavy (non-hydrogen) atoms. The number of hydrogen-bond donors (Lipinski definition) is 0. The van der Waals surface area contributed by atoms with Crippen molar-refractivity contribution in [2.24, 2.45) is 0 Å². The minimum Gasteiger partial charge on any atom is -0.466 e. The van der Waals surface area contributed by atoms with Gasteiger partial charge in [0, 0.05) is 11.4 Å². The number of aryl methyl sites for hydroxylation is 1. The van der Waals surface area contributed by atoms with Gasteiger partial charge in [0.2, 0.25) is 0 Å². The molecule has 0 radical (unpaired) electrons. The molecule has 0 saturated heterocycles. The van der Waals surface area contributed by atoms with E-state index in [1.54, 1.807) is 19.1 Å². The van der Waals surface area contributed by atoms with E-state index in [1.807, 2.05) is 0 Å². The fourth-order valence-electron chi connectivity index (χ4n) is 1.41. The van der Waals surface area contributed by atoms with E-state index in [9.17, 15) is 13.6 Å². The molecule has 1 aromatic rings. The molecule has 0 heterocycles. The lowest BCUT2D eigenvalue weighted by molar-refractivity contribution is -0.143. The first-order valence-corrected chi connectivity index (χ1v) is 5.79. The molecule has 0 saturated carbocycles. The summed E-state index contributed by atoms with van der Waals surface area (Å²) < 4.78 is 33.5. The standard InChI is InChI=1S/C12H13ClF2O3/c1-2-17-11(16)6-4-8-3-5-9(13)7-10(8)18-12(14)15/h3,5,7,12H,2,4,6H2,1H3. The summed E-state index contributed by atoms with van der Waals surface area (Å²) in [6, 6.07) is 4.41. The van der Waals surface area contributed by atoms with Crippen LogP contribution in [-0.4, -0.2) is 19.2 Å². The van der Waals surface area contributed by atoms with Gasteiger partial charge in [-0.1, -0.05) is 17.7 Å². The van der Waals surface area contributed by atoms with E-state index in [-0.39, 0.29) is 24.6 Å². The van der Waals surface area contributed by atoms with Crippen LogP contribution < -0.4 is 4.74 Å². The molecule has 0 spiro atoms. The summed E-state index contributed by atoms with van der Waals surface area (Å²) in [4.78, 5) is 11.2. The molecule has 100 valence electrons. The van der Waals surface area contributed by atoms with Gasteiger partial charge in [0.15, 0.2) is 0 Å². The highest BCUT2D eigenvalue weighted by Gasteiger charge is 2.12. The SMILES string of the molecule is CCOC(=O)CCc1ccc(Cl)cc1OC(F)F. The van der Waals surface area contributed by atoms with E-state index in [2.05, 4.69) is 4.74 Å². The molecule has 0 N–H and O–H groups in total. The predicted molar refractivity (Wildman–Crippen MR) is 63.0 cm³/mol. The van der Waals surface area contributed by atoms with Gasteiger partial charge in [0.1, 0.15) is 5.75 Å². The number of rotatable bonds is 6. The van der Waals surface area contributed by atoms with E-state index in [0.717, 1.165) is 0 Å². The topological polar surface area (TPSA) is 35.5 Å². The maximum Gasteiger partial charge on any atom is 0.387 e. The molecule has 0 bridgehead atoms. The predicted octanol–water partition coefficient (Wildman–Crippen LogP) is 3.44. The fourth-order valence-corrected chi connectivity index (χ4v) is 1.57. The Kier molecular flexibility index (Phi) is 5.85. The van der Waals surface area contributed by atoms with Gasteiger partial charge in [-0.3, -0.25) is 4.79 Å². The monoisotopic (exact) mass is 278 g/mol. The Hall–Kier alpha value is -1.36. The molecular weight excluding hydrogens is 266 g/mol. The number of alkyl halides is 2. The van der Waals surface area contributed by atoms with Gasteiger partial charge in [0.05, 0.1) is 6.61 Å². The van der Waals surface area contributed by atoms with Crippen molar-refractivity contribution < 1.29 is 23.0 Å². The molecule has 1 rings (SSSR count). The minimum absolute atomic E-state index is 0.0122. The highest BCUT2D eigenvalue weighted by atomic mass is 35.5. The number of hydrogen-bond acceptors (Lipinski definition) is 3. The van der Waals surface area contributed by atoms with E-state index < -0.39 is 6.61 Å². The number of carbonyl (C=O) groups is 1. The molecule has 6 heteroatoms. The summed E-state index contributed by atoms with van der Waals surface area (Å²) in [6.07, 6.45) is 0.368. The number of carbonyl (C=O) groups excluding carboxylic acids is 1. The molecule has 0 aliphatic carbocycles. The highest BCUT2D eigenvalue weighted by molar-refractivity contribution is 6.30. The maximum atomic E-state index is 12.2. The average Bonchev–Trinajstić information content (AvgIpc) is 2.27. The minimum atomic E-state index is -2.93. The van der Waals surface area contributed by atoms with Crippen LogP contribution in [0.4, 0.5) is 8.78 Å². The Morgan fingerprint density at radius 3 is 2.78 bits per heavy atom. The smallest absolute Gasteiger partial charge is 0.387 e. The van der Waals surface area contributed by atoms with Crippen molar-refractivity contribution in [3.63, 3.8) is 0 Å². The van der Waals surface area contributed by atoms with Crippen molar-refractivity contribution in [1.29, 1.82) is 0 Å². The lowest BCUT2D eigenvalue weighted by Gasteiger charge is -2.10. The summed E-state index contributed by atoms with van der Waals surface area (Å²) in [7, 11) is 0. The molecular formula is C12H13ClF2O3. The van der Waals surface area contributed by atoms with Crippen LogP contribution in [0.25, 0.3) is 0 Å². The highest BCUT2D eigenvalue weighted by Crippen LogP contribution is 2.26. The summed E-state index contributed by atoms with van der Waals surface area (Å²) in [6.45, 7) is -0.935. The maximum absolute atomic E-state index is 12.2. The Balaban J connectivity index is 2.71. The number of ether oxygens (including phenoxy) is 2. The van der Waals surface area contributed by atoms with Crippen molar-refractivity contribution >= 4 is 17.6 Å². The Morgan fingerprint density at radius 1 is 1.44 bits per heavy atom.